The Morgan fingerprint density at radius 3 is 2.65 bits per heavy atom. The molecule has 1 saturated carbocycles. The zero-order chi connectivity index (χ0) is 18.4. The van der Waals surface area contributed by atoms with Gasteiger partial charge in [-0.05, 0) is 49.3 Å². The van der Waals surface area contributed by atoms with E-state index in [0.717, 1.165) is 12.8 Å². The number of amides is 1. The summed E-state index contributed by atoms with van der Waals surface area (Å²) in [5.41, 5.74) is -0.949. The minimum absolute atomic E-state index is 0.0216. The van der Waals surface area contributed by atoms with E-state index in [9.17, 15) is 19.1 Å². The van der Waals surface area contributed by atoms with E-state index < -0.39 is 16.8 Å². The molecule has 2 atom stereocenters. The van der Waals surface area contributed by atoms with Gasteiger partial charge in [-0.25, -0.2) is 4.39 Å². The molecular weight excluding hydrogens is 337 g/mol. The van der Waals surface area contributed by atoms with Crippen molar-refractivity contribution >= 4 is 11.9 Å². The fraction of sp³-hybridized carbons (Fsp3) is 0.600. The second kappa shape index (κ2) is 6.34. The molecule has 1 aliphatic carbocycles. The number of hydrogen-bond acceptors (Lipinski definition) is 3. The van der Waals surface area contributed by atoms with Crippen molar-refractivity contribution in [3.8, 4) is 0 Å². The second-order valence-corrected chi connectivity index (χ2v) is 7.94. The van der Waals surface area contributed by atoms with E-state index >= 15 is 0 Å². The molecule has 0 aromatic heterocycles. The number of nitrogens with zero attached hydrogens (tertiary/aromatic N) is 1. The number of carbonyl (C=O) groups is 2. The molecule has 140 valence electrons. The van der Waals surface area contributed by atoms with Crippen LogP contribution in [0.5, 0.6) is 0 Å². The molecule has 2 heterocycles. The molecule has 2 aliphatic heterocycles. The highest BCUT2D eigenvalue weighted by molar-refractivity contribution is 5.90. The number of fused-ring (bicyclic) bond motifs is 1. The monoisotopic (exact) mass is 361 g/mol. The van der Waals surface area contributed by atoms with E-state index in [4.69, 9.17) is 4.74 Å². The van der Waals surface area contributed by atoms with Crippen LogP contribution < -0.4 is 0 Å². The van der Waals surface area contributed by atoms with Gasteiger partial charge >= 0.3 is 5.97 Å². The number of rotatable bonds is 3. The first-order valence-electron chi connectivity index (χ1n) is 9.35. The van der Waals surface area contributed by atoms with Gasteiger partial charge in [0.15, 0.2) is 0 Å². The minimum Gasteiger partial charge on any atom is -0.481 e. The van der Waals surface area contributed by atoms with Gasteiger partial charge in [0, 0.05) is 26.3 Å². The average Bonchev–Trinajstić information content (AvgIpc) is 3.20. The maximum Gasteiger partial charge on any atom is 0.311 e. The number of aliphatic carboxylic acids is 1. The lowest BCUT2D eigenvalue weighted by Crippen LogP contribution is -2.50. The average molecular weight is 361 g/mol. The summed E-state index contributed by atoms with van der Waals surface area (Å²) in [6.45, 7) is 1.65. The molecule has 1 aromatic carbocycles. The fourth-order valence-corrected chi connectivity index (χ4v) is 5.23. The highest BCUT2D eigenvalue weighted by Crippen LogP contribution is 2.50. The van der Waals surface area contributed by atoms with E-state index in [0.29, 0.717) is 44.6 Å². The minimum atomic E-state index is -0.821. The van der Waals surface area contributed by atoms with Crippen LogP contribution in [0, 0.1) is 17.2 Å². The van der Waals surface area contributed by atoms with Crippen LogP contribution in [0.3, 0.4) is 0 Å². The number of carbonyl (C=O) groups excluding carboxylic acids is 1. The van der Waals surface area contributed by atoms with Gasteiger partial charge in [0.05, 0.1) is 10.8 Å². The van der Waals surface area contributed by atoms with Gasteiger partial charge in [0.1, 0.15) is 5.82 Å². The number of halogens is 1. The molecule has 4 rings (SSSR count). The Bertz CT molecular complexity index is 730. The Morgan fingerprint density at radius 2 is 2.00 bits per heavy atom. The van der Waals surface area contributed by atoms with Crippen LogP contribution >= 0.6 is 0 Å². The Hall–Kier alpha value is -1.95. The molecule has 1 aromatic rings. The number of benzene rings is 1. The molecule has 26 heavy (non-hydrogen) atoms. The molecule has 3 fully saturated rings. The van der Waals surface area contributed by atoms with Gasteiger partial charge in [-0.15, -0.1) is 0 Å². The lowest BCUT2D eigenvalue weighted by molar-refractivity contribution is -0.150. The van der Waals surface area contributed by atoms with E-state index in [-0.39, 0.29) is 24.2 Å². The normalized spacial score (nSPS) is 30.2. The quantitative estimate of drug-likeness (QED) is 0.899. The number of carboxylic acid groups (broad SMARTS) is 1. The number of carboxylic acids is 1. The van der Waals surface area contributed by atoms with Crippen LogP contribution in [0.2, 0.25) is 0 Å². The van der Waals surface area contributed by atoms with Gasteiger partial charge in [-0.3, -0.25) is 9.59 Å². The van der Waals surface area contributed by atoms with Crippen LogP contribution in [0.25, 0.3) is 0 Å². The summed E-state index contributed by atoms with van der Waals surface area (Å²) in [5, 5.41) is 9.79. The first-order chi connectivity index (χ1) is 12.5. The molecule has 3 aliphatic rings. The van der Waals surface area contributed by atoms with Gasteiger partial charge in [0.2, 0.25) is 5.91 Å². The summed E-state index contributed by atoms with van der Waals surface area (Å²) in [6.07, 6.45) is 3.38. The zero-order valence-corrected chi connectivity index (χ0v) is 14.7. The maximum absolute atomic E-state index is 13.9. The topological polar surface area (TPSA) is 66.8 Å². The molecule has 0 bridgehead atoms. The predicted octanol–water partition coefficient (Wildman–Crippen LogP) is 2.59. The Balaban J connectivity index is 1.67. The van der Waals surface area contributed by atoms with Crippen molar-refractivity contribution in [3.05, 3.63) is 35.6 Å². The van der Waals surface area contributed by atoms with E-state index in [2.05, 4.69) is 0 Å². The summed E-state index contributed by atoms with van der Waals surface area (Å²) < 4.78 is 19.3. The lowest BCUT2D eigenvalue weighted by Gasteiger charge is -2.39. The second-order valence-electron chi connectivity index (χ2n) is 7.94. The van der Waals surface area contributed by atoms with Crippen molar-refractivity contribution in [3.63, 3.8) is 0 Å². The number of hydrogen-bond donors (Lipinski definition) is 1. The van der Waals surface area contributed by atoms with Crippen molar-refractivity contribution in [2.75, 3.05) is 26.3 Å². The third kappa shape index (κ3) is 2.54. The third-order valence-electron chi connectivity index (χ3n) is 6.72. The predicted molar refractivity (Wildman–Crippen MR) is 92.1 cm³/mol. The van der Waals surface area contributed by atoms with Crippen LogP contribution in [0.1, 0.15) is 37.7 Å². The molecule has 0 unspecified atom stereocenters. The summed E-state index contributed by atoms with van der Waals surface area (Å²) in [7, 11) is 0. The molecular formula is C20H24FNO4. The zero-order valence-electron chi connectivity index (χ0n) is 14.7. The molecule has 1 N–H and O–H groups in total. The van der Waals surface area contributed by atoms with Gasteiger partial charge in [-0.2, -0.15) is 0 Å². The van der Waals surface area contributed by atoms with Crippen molar-refractivity contribution in [2.45, 2.75) is 37.5 Å². The summed E-state index contributed by atoms with van der Waals surface area (Å²) >= 11 is 0. The van der Waals surface area contributed by atoms with Crippen LogP contribution in [-0.2, 0) is 19.7 Å². The van der Waals surface area contributed by atoms with Crippen molar-refractivity contribution in [2.24, 2.45) is 11.3 Å². The van der Waals surface area contributed by atoms with E-state index in [1.807, 2.05) is 0 Å². The van der Waals surface area contributed by atoms with Crippen LogP contribution in [-0.4, -0.2) is 48.2 Å². The first-order valence-corrected chi connectivity index (χ1v) is 9.35. The Morgan fingerprint density at radius 1 is 1.23 bits per heavy atom. The molecule has 6 heteroatoms. The molecule has 0 radical (unpaired) electrons. The Labute approximate surface area is 152 Å². The summed E-state index contributed by atoms with van der Waals surface area (Å²) in [5.74, 6) is -1.20. The molecule has 1 amide bonds. The van der Waals surface area contributed by atoms with Gasteiger partial charge < -0.3 is 14.7 Å². The van der Waals surface area contributed by atoms with Crippen LogP contribution in [0.15, 0.2) is 24.3 Å². The largest absolute Gasteiger partial charge is 0.481 e. The first kappa shape index (κ1) is 17.5. The molecule has 0 spiro atoms. The Kier molecular flexibility index (Phi) is 4.26. The standard InChI is InChI=1S/C20H24FNO4/c21-16-5-1-3-14(11-16)19(7-9-26-10-8-19)17(23)22-12-15-4-2-6-20(15,13-22)18(24)25/h1,3,5,11,15H,2,4,6-10,12-13H2,(H,24,25)/t15-,20+/m0/s1. The van der Waals surface area contributed by atoms with E-state index in [1.54, 1.807) is 17.0 Å². The highest BCUT2D eigenvalue weighted by Gasteiger charge is 2.58. The van der Waals surface area contributed by atoms with E-state index in [1.165, 1.54) is 12.1 Å². The lowest BCUT2D eigenvalue weighted by atomic mass is 9.73. The number of likely N-dealkylation sites (tertiary alicyclic amines) is 1. The number of ether oxygens (including phenoxy) is 1. The van der Waals surface area contributed by atoms with Crippen molar-refractivity contribution in [1.29, 1.82) is 0 Å². The summed E-state index contributed by atoms with van der Waals surface area (Å²) in [6, 6.07) is 6.25. The van der Waals surface area contributed by atoms with Crippen LogP contribution in [0.4, 0.5) is 4.39 Å². The van der Waals surface area contributed by atoms with Gasteiger partial charge in [0.25, 0.3) is 0 Å². The van der Waals surface area contributed by atoms with Crippen molar-refractivity contribution < 1.29 is 23.8 Å². The smallest absolute Gasteiger partial charge is 0.311 e. The SMILES string of the molecule is O=C(N1C[C@@H]2CCC[C@@]2(C(=O)O)C1)C1(c2cccc(F)c2)CCOCC1. The molecule has 2 saturated heterocycles. The molecule has 5 nitrogen and oxygen atoms in total. The fourth-order valence-electron chi connectivity index (χ4n) is 5.23. The maximum atomic E-state index is 13.9. The third-order valence-corrected chi connectivity index (χ3v) is 6.72. The summed E-state index contributed by atoms with van der Waals surface area (Å²) in [4.78, 5) is 27.3. The van der Waals surface area contributed by atoms with Crippen molar-refractivity contribution in [1.82, 2.24) is 4.90 Å². The highest BCUT2D eigenvalue weighted by atomic mass is 19.1. The van der Waals surface area contributed by atoms with Gasteiger partial charge in [-0.1, -0.05) is 18.6 Å².